The zero-order valence-corrected chi connectivity index (χ0v) is 21.2. The number of anilines is 1. The number of hydrazone groups is 1. The van der Waals surface area contributed by atoms with Crippen LogP contribution < -0.4 is 14.5 Å². The Balaban J connectivity index is 1.59. The number of rotatable bonds is 9. The number of carbonyl (C=O) groups is 2. The average molecular weight is 539 g/mol. The van der Waals surface area contributed by atoms with Crippen molar-refractivity contribution < 1.29 is 37.0 Å². The van der Waals surface area contributed by atoms with Crippen molar-refractivity contribution >= 4 is 29.4 Å². The van der Waals surface area contributed by atoms with Crippen LogP contribution >= 0.6 is 0 Å². The third-order valence-corrected chi connectivity index (χ3v) is 5.67. The molecule has 7 nitrogen and oxygen atoms in total. The Morgan fingerprint density at radius 1 is 1.00 bits per heavy atom. The molecular weight excluding hydrogens is 513 g/mol. The highest BCUT2D eigenvalue weighted by Gasteiger charge is 2.46. The summed E-state index contributed by atoms with van der Waals surface area (Å²) in [5, 5.41) is 4.23. The van der Waals surface area contributed by atoms with Gasteiger partial charge in [-0.2, -0.15) is 23.3 Å². The first-order chi connectivity index (χ1) is 18.7. The molecule has 10 heteroatoms. The van der Waals surface area contributed by atoms with Gasteiger partial charge in [-0.15, -0.1) is 0 Å². The van der Waals surface area contributed by atoms with Gasteiger partial charge in [0.05, 0.1) is 30.5 Å². The van der Waals surface area contributed by atoms with Crippen LogP contribution in [-0.4, -0.2) is 37.5 Å². The van der Waals surface area contributed by atoms with Crippen molar-refractivity contribution in [2.45, 2.75) is 26.1 Å². The van der Waals surface area contributed by atoms with E-state index in [1.165, 1.54) is 43.5 Å². The van der Waals surface area contributed by atoms with E-state index in [0.717, 1.165) is 11.6 Å². The molecule has 39 heavy (non-hydrogen) atoms. The molecule has 0 saturated carbocycles. The van der Waals surface area contributed by atoms with E-state index in [1.54, 1.807) is 6.07 Å². The van der Waals surface area contributed by atoms with Crippen molar-refractivity contribution in [2.24, 2.45) is 5.10 Å². The van der Waals surface area contributed by atoms with Crippen LogP contribution in [0.25, 0.3) is 6.08 Å². The molecule has 0 saturated heterocycles. The third-order valence-electron chi connectivity index (χ3n) is 5.67. The molecule has 0 unspecified atom stereocenters. The maximum Gasteiger partial charge on any atom is 0.435 e. The smallest absolute Gasteiger partial charge is 0.435 e. The first kappa shape index (κ1) is 27.4. The molecule has 0 radical (unpaired) electrons. The summed E-state index contributed by atoms with van der Waals surface area (Å²) < 4.78 is 57.9. The van der Waals surface area contributed by atoms with Gasteiger partial charge in [0, 0.05) is 0 Å². The molecule has 1 amide bonds. The minimum Gasteiger partial charge on any atom is -0.493 e. The summed E-state index contributed by atoms with van der Waals surface area (Å²) in [6.07, 6.45) is -3.14. The maximum absolute atomic E-state index is 13.9. The van der Waals surface area contributed by atoms with E-state index in [0.29, 0.717) is 22.9 Å². The van der Waals surface area contributed by atoms with Crippen LogP contribution in [0.2, 0.25) is 0 Å². The molecule has 3 aromatic carbocycles. The lowest BCUT2D eigenvalue weighted by Gasteiger charge is -2.13. The molecule has 3 aromatic rings. The highest BCUT2D eigenvalue weighted by molar-refractivity contribution is 6.34. The highest BCUT2D eigenvalue weighted by atomic mass is 19.4. The van der Waals surface area contributed by atoms with Gasteiger partial charge in [-0.25, -0.2) is 4.79 Å². The number of esters is 1. The molecule has 0 fully saturated rings. The van der Waals surface area contributed by atoms with Crippen molar-refractivity contribution in [3.8, 4) is 11.5 Å². The normalized spacial score (nSPS) is 14.4. The van der Waals surface area contributed by atoms with Gasteiger partial charge in [0.25, 0.3) is 5.91 Å². The Labute approximate surface area is 223 Å². The minimum atomic E-state index is -4.89. The molecule has 202 valence electrons. The number of hydrogen-bond acceptors (Lipinski definition) is 6. The molecule has 0 aromatic heterocycles. The highest BCUT2D eigenvalue weighted by Crippen LogP contribution is 2.35. The van der Waals surface area contributed by atoms with Crippen LogP contribution in [0.3, 0.4) is 0 Å². The molecule has 0 N–H and O–H groups in total. The van der Waals surface area contributed by atoms with Crippen LogP contribution in [0.5, 0.6) is 11.5 Å². The number of alkyl halides is 3. The Kier molecular flexibility index (Phi) is 8.33. The fraction of sp³-hybridized carbons (Fsp3) is 0.207. The van der Waals surface area contributed by atoms with Gasteiger partial charge in [-0.1, -0.05) is 43.3 Å². The summed E-state index contributed by atoms with van der Waals surface area (Å²) >= 11 is 0. The Morgan fingerprint density at radius 3 is 2.36 bits per heavy atom. The van der Waals surface area contributed by atoms with E-state index >= 15 is 0 Å². The lowest BCUT2D eigenvalue weighted by Crippen LogP contribution is -2.25. The fourth-order valence-corrected chi connectivity index (χ4v) is 3.74. The zero-order chi connectivity index (χ0) is 28.0. The van der Waals surface area contributed by atoms with Gasteiger partial charge in [-0.3, -0.25) is 4.79 Å². The van der Waals surface area contributed by atoms with Crippen LogP contribution in [0, 0.1) is 0 Å². The first-order valence-electron chi connectivity index (χ1n) is 12.1. The summed E-state index contributed by atoms with van der Waals surface area (Å²) in [4.78, 5) is 25.1. The summed E-state index contributed by atoms with van der Waals surface area (Å²) in [5.41, 5.74) is -0.471. The molecule has 4 rings (SSSR count). The maximum atomic E-state index is 13.9. The number of amides is 1. The van der Waals surface area contributed by atoms with E-state index in [4.69, 9.17) is 14.2 Å². The number of benzene rings is 3. The molecular formula is C29H25F3N2O5. The van der Waals surface area contributed by atoms with Gasteiger partial charge in [0.15, 0.2) is 17.2 Å². The van der Waals surface area contributed by atoms with Crippen molar-refractivity contribution in [2.75, 3.05) is 18.7 Å². The minimum absolute atomic E-state index is 0.0689. The predicted molar refractivity (Wildman–Crippen MR) is 140 cm³/mol. The third kappa shape index (κ3) is 6.46. The van der Waals surface area contributed by atoms with Crippen molar-refractivity contribution in [1.29, 1.82) is 0 Å². The van der Waals surface area contributed by atoms with Gasteiger partial charge in [0.1, 0.15) is 6.61 Å². The summed E-state index contributed by atoms with van der Waals surface area (Å²) in [6, 6.07) is 19.4. The van der Waals surface area contributed by atoms with E-state index < -0.39 is 29.3 Å². The molecule has 0 bridgehead atoms. The second-order valence-electron chi connectivity index (χ2n) is 8.49. The van der Waals surface area contributed by atoms with E-state index in [1.807, 2.05) is 37.3 Å². The summed E-state index contributed by atoms with van der Waals surface area (Å²) in [6.45, 7) is 2.36. The lowest BCUT2D eigenvalue weighted by atomic mass is 10.1. The topological polar surface area (TPSA) is 77.4 Å². The van der Waals surface area contributed by atoms with Crippen LogP contribution in [-0.2, 0) is 16.1 Å². The number of halogens is 3. The number of nitrogens with zero attached hydrogens (tertiary/aromatic N) is 2. The first-order valence-corrected chi connectivity index (χ1v) is 12.1. The standard InChI is InChI=1S/C29H25F3N2O5/c1-3-15-38-28(36)21-10-12-22(13-11-21)34-27(35)23(26(33-34)29(30,31)32)16-20-9-14-24(25(17-20)37-2)39-18-19-7-5-4-6-8-19/h4-14,16-17H,3,15,18H2,1-2H3/b23-16-. The van der Waals surface area contributed by atoms with E-state index in [-0.39, 0.29) is 30.0 Å². The predicted octanol–water partition coefficient (Wildman–Crippen LogP) is 6.19. The average Bonchev–Trinajstić information content (AvgIpc) is 3.27. The molecule has 1 aliphatic rings. The van der Waals surface area contributed by atoms with E-state index in [2.05, 4.69) is 5.10 Å². The number of carbonyl (C=O) groups excluding carboxylic acids is 2. The van der Waals surface area contributed by atoms with Crippen LogP contribution in [0.1, 0.15) is 34.8 Å². The second-order valence-corrected chi connectivity index (χ2v) is 8.49. The Morgan fingerprint density at radius 2 is 1.72 bits per heavy atom. The summed E-state index contributed by atoms with van der Waals surface area (Å²) in [5.74, 6) is -0.850. The van der Waals surface area contributed by atoms with Crippen LogP contribution in [0.15, 0.2) is 83.5 Å². The lowest BCUT2D eigenvalue weighted by molar-refractivity contribution is -0.114. The van der Waals surface area contributed by atoms with E-state index in [9.17, 15) is 22.8 Å². The summed E-state index contributed by atoms with van der Waals surface area (Å²) in [7, 11) is 1.41. The van der Waals surface area contributed by atoms with Gasteiger partial charge in [-0.05, 0) is 60.0 Å². The number of methoxy groups -OCH3 is 1. The molecule has 0 atom stereocenters. The second kappa shape index (κ2) is 11.8. The SMILES string of the molecule is CCCOC(=O)c1ccc(N2N=C(C(F)(F)F)/C(=C/c3ccc(OCc4ccccc4)c(OC)c3)C2=O)cc1. The molecule has 0 spiro atoms. The van der Waals surface area contributed by atoms with Crippen molar-refractivity contribution in [1.82, 2.24) is 0 Å². The van der Waals surface area contributed by atoms with Gasteiger partial charge in [0.2, 0.25) is 0 Å². The quantitative estimate of drug-likeness (QED) is 0.240. The van der Waals surface area contributed by atoms with Crippen molar-refractivity contribution in [3.63, 3.8) is 0 Å². The monoisotopic (exact) mass is 538 g/mol. The molecule has 1 aliphatic heterocycles. The van der Waals surface area contributed by atoms with Crippen LogP contribution in [0.4, 0.5) is 18.9 Å². The fourth-order valence-electron chi connectivity index (χ4n) is 3.74. The van der Waals surface area contributed by atoms with Gasteiger partial charge >= 0.3 is 12.1 Å². The number of hydrogen-bond donors (Lipinski definition) is 0. The Bertz CT molecular complexity index is 1400. The van der Waals surface area contributed by atoms with Crippen molar-refractivity contribution in [3.05, 3.63) is 95.1 Å². The number of ether oxygens (including phenoxy) is 3. The zero-order valence-electron chi connectivity index (χ0n) is 21.2. The molecule has 1 heterocycles. The molecule has 0 aliphatic carbocycles. The Hall–Kier alpha value is -4.60. The largest absolute Gasteiger partial charge is 0.493 e. The van der Waals surface area contributed by atoms with Gasteiger partial charge < -0.3 is 14.2 Å².